The molecule has 0 saturated carbocycles. The lowest BCUT2D eigenvalue weighted by atomic mass is 9.82. The monoisotopic (exact) mass is 1610 g/mol. The van der Waals surface area contributed by atoms with Crippen LogP contribution in [0.5, 0.6) is 17.2 Å². The average molecular weight is 1610 g/mol. The Labute approximate surface area is 676 Å². The minimum Gasteiger partial charge on any atom is -0.493 e. The van der Waals surface area contributed by atoms with Crippen molar-refractivity contribution in [2.45, 2.75) is 203 Å². The van der Waals surface area contributed by atoms with E-state index in [0.717, 1.165) is 148 Å². The number of ether oxygens (including phenoxy) is 8. The smallest absolute Gasteiger partial charge is 0.493 e. The number of aliphatic carboxylic acids is 1. The molecule has 4 aliphatic rings. The van der Waals surface area contributed by atoms with Crippen LogP contribution in [0.15, 0.2) is 146 Å². The van der Waals surface area contributed by atoms with Crippen LogP contribution in [0.3, 0.4) is 0 Å². The quantitative estimate of drug-likeness (QED) is 0.0738. The van der Waals surface area contributed by atoms with Crippen molar-refractivity contribution in [2.24, 2.45) is 21.1 Å². The summed E-state index contributed by atoms with van der Waals surface area (Å²) >= 11 is 0. The maximum Gasteiger partial charge on any atom is 0.498 e. The van der Waals surface area contributed by atoms with Crippen molar-refractivity contribution in [3.8, 4) is 72.9 Å². The third kappa shape index (κ3) is 25.0. The van der Waals surface area contributed by atoms with Crippen molar-refractivity contribution < 1.29 is 92.5 Å². The molecule has 0 radical (unpaired) electrons. The van der Waals surface area contributed by atoms with Gasteiger partial charge in [0.2, 0.25) is 0 Å². The number of aromatic nitrogens is 6. The molecule has 4 aliphatic heterocycles. The molecule has 1 saturated heterocycles. The molecule has 28 heteroatoms. The highest BCUT2D eigenvalue weighted by atomic mass is 32.2. The van der Waals surface area contributed by atoms with Crippen molar-refractivity contribution in [3.63, 3.8) is 0 Å². The van der Waals surface area contributed by atoms with Gasteiger partial charge in [0.15, 0.2) is 18.3 Å². The van der Waals surface area contributed by atoms with Gasteiger partial charge in [0.1, 0.15) is 17.2 Å². The summed E-state index contributed by atoms with van der Waals surface area (Å²) in [7, 11) is 4.85. The number of rotatable bonds is 15. The van der Waals surface area contributed by atoms with Gasteiger partial charge in [-0.3, -0.25) is 14.0 Å². The molecule has 115 heavy (non-hydrogen) atoms. The average Bonchev–Trinajstić information content (AvgIpc) is 1.69. The second-order valence-corrected chi connectivity index (χ2v) is 31.9. The molecule has 3 aromatic heterocycles. The summed E-state index contributed by atoms with van der Waals surface area (Å²) in [6.45, 7) is 27.0. The van der Waals surface area contributed by atoms with E-state index in [0.29, 0.717) is 23.3 Å². The Kier molecular flexibility index (Phi) is 31.9. The molecule has 3 atom stereocenters. The van der Waals surface area contributed by atoms with Crippen LogP contribution < -0.4 is 19.7 Å². The van der Waals surface area contributed by atoms with Gasteiger partial charge in [0.25, 0.3) is 0 Å². The van der Waals surface area contributed by atoms with E-state index in [9.17, 15) is 32.7 Å². The van der Waals surface area contributed by atoms with Gasteiger partial charge < -0.3 is 52.3 Å². The third-order valence-corrected chi connectivity index (χ3v) is 18.8. The van der Waals surface area contributed by atoms with Crippen LogP contribution in [0.1, 0.15) is 189 Å². The van der Waals surface area contributed by atoms with E-state index in [1.165, 1.54) is 25.8 Å². The number of nitrogens with zero attached hydrogens (tertiary/aromatic N) is 6. The summed E-state index contributed by atoms with van der Waals surface area (Å²) in [5, 5.41) is 22.7. The van der Waals surface area contributed by atoms with Crippen molar-refractivity contribution in [1.82, 2.24) is 29.3 Å². The van der Waals surface area contributed by atoms with E-state index >= 15 is 0 Å². The number of alkyl halides is 3. The topological polar surface area (TPSA) is 268 Å². The van der Waals surface area contributed by atoms with E-state index in [-0.39, 0.29) is 46.2 Å². The largest absolute Gasteiger partial charge is 0.498 e. The van der Waals surface area contributed by atoms with Crippen molar-refractivity contribution in [1.29, 1.82) is 0 Å². The molecule has 0 bridgehead atoms. The second-order valence-electron chi connectivity index (χ2n) is 31.5. The Morgan fingerprint density at radius 2 is 0.791 bits per heavy atom. The number of halogens is 3. The SMILES string of the molecule is C.C.C.COC(=O)C(OC(C)(C)C)c1ccc(-c2cnn(C)c2)cc1-c1ccc2c(c1)CCCO2.COC(=O)C(OC(C)(C)C)c1ccc(C(F)(F)F)cc1-c1ccc2c(c1)CCCO2.Cn1cc(-c2ccc(C(OC(C)(C)C)C(=O)O)c(-c3ccc4c(c3)CCCO4)c2)cn1.Cn1cc(B2OC(C)(C)C(C)(C)O2)cn1.O=S(=O)=O. The first-order valence-electron chi connectivity index (χ1n) is 36.8. The Balaban J connectivity index is 0.000000238. The van der Waals surface area contributed by atoms with E-state index in [1.54, 1.807) is 59.3 Å². The highest BCUT2D eigenvalue weighted by molar-refractivity contribution is 7.59. The lowest BCUT2D eigenvalue weighted by Gasteiger charge is -2.32. The lowest BCUT2D eigenvalue weighted by molar-refractivity contribution is -0.164. The maximum absolute atomic E-state index is 13.4. The van der Waals surface area contributed by atoms with Gasteiger partial charge in [0.05, 0.1) is 80.0 Å². The molecule has 9 aromatic rings. The van der Waals surface area contributed by atoms with E-state index in [1.807, 2.05) is 176 Å². The lowest BCUT2D eigenvalue weighted by Crippen LogP contribution is -2.41. The summed E-state index contributed by atoms with van der Waals surface area (Å²) in [6, 6.07) is 32.8. The Hall–Kier alpha value is -9.97. The highest BCUT2D eigenvalue weighted by Gasteiger charge is 2.52. The minimum atomic E-state index is -4.52. The fourth-order valence-electron chi connectivity index (χ4n) is 12.9. The molecule has 23 nitrogen and oxygen atoms in total. The fraction of sp³-hybridized carbons (Fsp3) is 0.448. The number of methoxy groups -OCH3 is 2. The fourth-order valence-corrected chi connectivity index (χ4v) is 12.9. The van der Waals surface area contributed by atoms with Crippen LogP contribution >= 0.6 is 0 Å². The number of carbonyl (C=O) groups excluding carboxylic acids is 2. The number of carbonyl (C=O) groups is 3. The number of carboxylic acids is 1. The van der Waals surface area contributed by atoms with Crippen molar-refractivity contribution in [3.05, 3.63) is 185 Å². The molecule has 0 amide bonds. The van der Waals surface area contributed by atoms with Crippen molar-refractivity contribution >= 4 is 41.1 Å². The summed E-state index contributed by atoms with van der Waals surface area (Å²) in [5.74, 6) is 0.463. The molecule has 7 heterocycles. The van der Waals surface area contributed by atoms with Gasteiger partial charge in [-0.05, 0) is 267 Å². The number of aryl methyl sites for hydroxylation is 6. The van der Waals surface area contributed by atoms with Gasteiger partial charge in [-0.25, -0.2) is 14.4 Å². The van der Waals surface area contributed by atoms with Gasteiger partial charge in [-0.2, -0.15) is 28.5 Å². The second kappa shape index (κ2) is 39.1. The number of hydrogen-bond donors (Lipinski definition) is 1. The summed E-state index contributed by atoms with van der Waals surface area (Å²) < 4.78 is 128. The van der Waals surface area contributed by atoms with Crippen LogP contribution in [-0.2, 0) is 105 Å². The zero-order valence-electron chi connectivity index (χ0n) is 66.7. The van der Waals surface area contributed by atoms with Crippen molar-refractivity contribution in [2.75, 3.05) is 34.0 Å². The number of carboxylic acid groups (broad SMARTS) is 1. The number of benzene rings is 6. The predicted octanol–water partition coefficient (Wildman–Crippen LogP) is 17.5. The highest BCUT2D eigenvalue weighted by Crippen LogP contribution is 2.44. The number of esters is 2. The minimum absolute atomic E-state index is 0. The predicted molar refractivity (Wildman–Crippen MR) is 438 cm³/mol. The zero-order chi connectivity index (χ0) is 82.0. The first-order valence-corrected chi connectivity index (χ1v) is 37.8. The van der Waals surface area contributed by atoms with Crippen LogP contribution in [0, 0.1) is 0 Å². The zero-order valence-corrected chi connectivity index (χ0v) is 67.6. The third-order valence-electron chi connectivity index (χ3n) is 18.8. The van der Waals surface area contributed by atoms with Gasteiger partial charge in [-0.1, -0.05) is 70.8 Å². The van der Waals surface area contributed by atoms with Gasteiger partial charge in [-0.15, -0.1) is 12.6 Å². The van der Waals surface area contributed by atoms with E-state index < -0.39 is 75.4 Å². The summed E-state index contributed by atoms with van der Waals surface area (Å²) in [6.07, 6.45) is 9.16. The Morgan fingerprint density at radius 1 is 0.470 bits per heavy atom. The summed E-state index contributed by atoms with van der Waals surface area (Å²) in [5.41, 5.74) is 11.3. The number of fused-ring (bicyclic) bond motifs is 3. The Bertz CT molecular complexity index is 4920. The maximum atomic E-state index is 13.4. The van der Waals surface area contributed by atoms with E-state index in [4.69, 9.17) is 59.8 Å². The molecule has 1 fully saturated rings. The van der Waals surface area contributed by atoms with Gasteiger partial charge in [0, 0.05) is 62.5 Å². The normalized spacial score (nSPS) is 15.2. The standard InChI is InChI=1S/C26H30N2O4.C25H28N2O4.C23H25F3O4.C10H17BN2O2.3CH4.O3S/c1-26(2,3)32-24(25(29)30-5)21-10-8-17(20-15-27-28(4)16-20)14-22(21)18-9-11-23-19(13-18)7-6-12-31-23;1-25(2,3)31-23(24(28)29)20-9-7-16(19-14-26-27(4)15-19)13-21(20)17-8-10-22-18(12-17)6-5-11-30-22;1-22(2,3)30-20(21(27)28-4)17-9-8-16(23(24,25)26)13-18(17)14-7-10-19-15(12-14)6-5-11-29-19;1-9(2)10(3,4)15-11(14-9)8-6-12-13(5)7-8;;;;1-4(2)3/h8-11,13-16,24H,6-7,12H2,1-5H3;7-10,12-15,23H,5-6,11H2,1-4H3,(H,28,29);7-10,12-13,20H,5-6,11H2,1-4H3;6-7H,1-5H3;3*1H4;. The molecule has 622 valence electrons. The van der Waals surface area contributed by atoms with Crippen LogP contribution in [-0.4, -0.2) is 134 Å². The molecule has 1 N–H and O–H groups in total. The molecule has 0 aliphatic carbocycles. The van der Waals surface area contributed by atoms with E-state index in [2.05, 4.69) is 33.5 Å². The molecule has 6 aromatic carbocycles. The van der Waals surface area contributed by atoms with Crippen LogP contribution in [0.25, 0.3) is 55.6 Å². The Morgan fingerprint density at radius 3 is 1.10 bits per heavy atom. The first kappa shape index (κ1) is 93.9. The van der Waals surface area contributed by atoms with Crippen LogP contribution in [0.2, 0.25) is 0 Å². The first-order chi connectivity index (χ1) is 52.5. The molecule has 0 spiro atoms. The molecular formula is C87H112BF3N6O17S. The molecule has 3 unspecified atom stereocenters. The van der Waals surface area contributed by atoms with Gasteiger partial charge >= 0.3 is 41.8 Å². The summed E-state index contributed by atoms with van der Waals surface area (Å²) in [4.78, 5) is 37.5. The molecular weight excluding hydrogens is 1500 g/mol. The van der Waals surface area contributed by atoms with Crippen LogP contribution in [0.4, 0.5) is 13.2 Å². The number of hydrogen-bond acceptors (Lipinski definition) is 19. The molecule has 13 rings (SSSR count).